The second-order valence-electron chi connectivity index (χ2n) is 10.2. The predicted molar refractivity (Wildman–Crippen MR) is 144 cm³/mol. The number of hydrogen-bond donors (Lipinski definition) is 1. The number of anilines is 1. The highest BCUT2D eigenvalue weighted by Gasteiger charge is 2.39. The summed E-state index contributed by atoms with van der Waals surface area (Å²) in [5.41, 5.74) is 7.60. The van der Waals surface area contributed by atoms with Crippen LogP contribution in [0.15, 0.2) is 61.1 Å². The van der Waals surface area contributed by atoms with E-state index in [1.807, 2.05) is 28.0 Å². The number of benzene rings is 1. The average molecular weight is 515 g/mol. The van der Waals surface area contributed by atoms with Gasteiger partial charge in [0.05, 0.1) is 12.7 Å². The number of amides is 2. The fourth-order valence-corrected chi connectivity index (χ4v) is 5.57. The zero-order valence-electron chi connectivity index (χ0n) is 21.6. The summed E-state index contributed by atoms with van der Waals surface area (Å²) in [5.74, 6) is 0.981. The van der Waals surface area contributed by atoms with Crippen LogP contribution in [-0.2, 0) is 6.42 Å². The van der Waals surface area contributed by atoms with Gasteiger partial charge in [-0.05, 0) is 61.3 Å². The Morgan fingerprint density at radius 2 is 1.68 bits per heavy atom. The minimum Gasteiger partial charge on any atom is -0.491 e. The predicted octanol–water partition coefficient (Wildman–Crippen LogP) is 3.62. The number of fused-ring (bicyclic) bond motifs is 1. The summed E-state index contributed by atoms with van der Waals surface area (Å²) in [6.45, 7) is 2.65. The summed E-state index contributed by atoms with van der Waals surface area (Å²) in [6, 6.07) is 13.3. The Bertz CT molecular complexity index is 1260. The molecule has 2 aliphatic heterocycles. The van der Waals surface area contributed by atoms with Crippen molar-refractivity contribution in [2.75, 3.05) is 38.5 Å². The Morgan fingerprint density at radius 3 is 2.47 bits per heavy atom. The first-order valence-corrected chi connectivity index (χ1v) is 13.3. The van der Waals surface area contributed by atoms with E-state index in [9.17, 15) is 9.59 Å². The van der Waals surface area contributed by atoms with Crippen LogP contribution in [0, 0.1) is 5.41 Å². The third-order valence-corrected chi connectivity index (χ3v) is 7.69. The quantitative estimate of drug-likeness (QED) is 0.555. The Kier molecular flexibility index (Phi) is 7.81. The van der Waals surface area contributed by atoms with Gasteiger partial charge in [-0.2, -0.15) is 0 Å². The van der Waals surface area contributed by atoms with Gasteiger partial charge >= 0.3 is 0 Å². The van der Waals surface area contributed by atoms with Crippen LogP contribution in [0.3, 0.4) is 0 Å². The first kappa shape index (κ1) is 25.6. The van der Waals surface area contributed by atoms with Crippen LogP contribution in [0.1, 0.15) is 58.6 Å². The molecule has 0 radical (unpaired) electrons. The van der Waals surface area contributed by atoms with E-state index in [1.54, 1.807) is 30.6 Å². The van der Waals surface area contributed by atoms with Gasteiger partial charge in [0.15, 0.2) is 0 Å². The minimum atomic E-state index is -0.145. The van der Waals surface area contributed by atoms with Gasteiger partial charge in [0.25, 0.3) is 11.8 Å². The SMILES string of the molecule is Nc1cccc(C(=O)N2CCC3(CCCCc4ccccc4OCCN(C(=O)c4cnccn4)C3)CC2)n1. The van der Waals surface area contributed by atoms with E-state index in [0.717, 1.165) is 44.3 Å². The van der Waals surface area contributed by atoms with Gasteiger partial charge in [0, 0.05) is 32.0 Å². The zero-order chi connectivity index (χ0) is 26.4. The molecule has 1 fully saturated rings. The van der Waals surface area contributed by atoms with Crippen molar-refractivity contribution < 1.29 is 14.3 Å². The number of ether oxygens (including phenoxy) is 1. The van der Waals surface area contributed by atoms with E-state index >= 15 is 0 Å². The standard InChI is InChI=1S/C29H34N6O3/c30-26-10-5-8-23(33-26)27(36)34-16-12-29(13-17-34)11-4-3-7-22-6-1-2-9-25(22)38-19-18-35(21-29)28(37)24-20-31-14-15-32-24/h1-2,5-6,8-10,14-15,20H,3-4,7,11-13,16-19,21H2,(H2,30,33). The first-order chi connectivity index (χ1) is 18.5. The molecule has 0 bridgehead atoms. The molecule has 2 amide bonds. The second kappa shape index (κ2) is 11.6. The molecule has 2 N–H and O–H groups in total. The van der Waals surface area contributed by atoms with Crippen molar-refractivity contribution in [1.82, 2.24) is 24.8 Å². The molecular formula is C29H34N6O3. The molecule has 38 heavy (non-hydrogen) atoms. The van der Waals surface area contributed by atoms with Gasteiger partial charge in [-0.1, -0.05) is 30.7 Å². The molecule has 5 rings (SSSR count). The first-order valence-electron chi connectivity index (χ1n) is 13.3. The zero-order valence-corrected chi connectivity index (χ0v) is 21.6. The van der Waals surface area contributed by atoms with Gasteiger partial charge in [-0.3, -0.25) is 14.6 Å². The number of likely N-dealkylation sites (tertiary alicyclic amines) is 1. The normalized spacial score (nSPS) is 18.0. The van der Waals surface area contributed by atoms with Gasteiger partial charge in [-0.25, -0.2) is 9.97 Å². The summed E-state index contributed by atoms with van der Waals surface area (Å²) in [7, 11) is 0. The van der Waals surface area contributed by atoms with Crippen LogP contribution in [0.25, 0.3) is 0 Å². The molecule has 1 aromatic carbocycles. The molecule has 2 aromatic heterocycles. The number of pyridine rings is 1. The van der Waals surface area contributed by atoms with E-state index in [0.29, 0.717) is 50.0 Å². The summed E-state index contributed by atoms with van der Waals surface area (Å²) in [6.07, 6.45) is 10.3. The van der Waals surface area contributed by atoms with E-state index in [1.165, 1.54) is 11.8 Å². The van der Waals surface area contributed by atoms with Crippen molar-refractivity contribution in [2.45, 2.75) is 38.5 Å². The van der Waals surface area contributed by atoms with Crippen LogP contribution < -0.4 is 10.5 Å². The summed E-state index contributed by atoms with van der Waals surface area (Å²) >= 11 is 0. The number of rotatable bonds is 2. The molecule has 1 spiro atoms. The molecule has 0 unspecified atom stereocenters. The maximum absolute atomic E-state index is 13.6. The Labute approximate surface area is 223 Å². The van der Waals surface area contributed by atoms with Gasteiger partial charge in [0.1, 0.15) is 29.6 Å². The van der Waals surface area contributed by atoms with E-state index in [4.69, 9.17) is 10.5 Å². The Balaban J connectivity index is 1.36. The highest BCUT2D eigenvalue weighted by Crippen LogP contribution is 2.39. The molecule has 9 heteroatoms. The second-order valence-corrected chi connectivity index (χ2v) is 10.2. The molecule has 4 heterocycles. The van der Waals surface area contributed by atoms with Gasteiger partial charge in [0.2, 0.25) is 0 Å². The highest BCUT2D eigenvalue weighted by molar-refractivity contribution is 5.93. The monoisotopic (exact) mass is 514 g/mol. The Morgan fingerprint density at radius 1 is 0.868 bits per heavy atom. The number of nitrogen functional groups attached to an aromatic ring is 1. The molecule has 2 aliphatic rings. The lowest BCUT2D eigenvalue weighted by Crippen LogP contribution is -2.50. The maximum atomic E-state index is 13.6. The minimum absolute atomic E-state index is 0.0993. The van der Waals surface area contributed by atoms with Crippen LogP contribution >= 0.6 is 0 Å². The number of nitrogens with zero attached hydrogens (tertiary/aromatic N) is 5. The molecule has 198 valence electrons. The fraction of sp³-hybridized carbons (Fsp3) is 0.414. The number of aromatic nitrogens is 3. The number of aryl methyl sites for hydroxylation is 1. The average Bonchev–Trinajstić information content (AvgIpc) is 2.95. The molecule has 0 aliphatic carbocycles. The van der Waals surface area contributed by atoms with E-state index in [-0.39, 0.29) is 17.2 Å². The lowest BCUT2D eigenvalue weighted by Gasteiger charge is -2.44. The van der Waals surface area contributed by atoms with E-state index < -0.39 is 0 Å². The molecule has 3 aromatic rings. The van der Waals surface area contributed by atoms with Crippen LogP contribution in [0.4, 0.5) is 5.82 Å². The molecule has 0 saturated carbocycles. The topological polar surface area (TPSA) is 115 Å². The van der Waals surface area contributed by atoms with Crippen molar-refractivity contribution >= 4 is 17.6 Å². The van der Waals surface area contributed by atoms with Crippen LogP contribution in [0.2, 0.25) is 0 Å². The summed E-state index contributed by atoms with van der Waals surface area (Å²) in [4.78, 5) is 43.0. The molecule has 0 atom stereocenters. The fourth-order valence-electron chi connectivity index (χ4n) is 5.57. The van der Waals surface area contributed by atoms with E-state index in [2.05, 4.69) is 21.0 Å². The van der Waals surface area contributed by atoms with Crippen LogP contribution in [0.5, 0.6) is 5.75 Å². The number of hydrogen-bond acceptors (Lipinski definition) is 7. The molecular weight excluding hydrogens is 480 g/mol. The lowest BCUT2D eigenvalue weighted by molar-refractivity contribution is 0.0323. The van der Waals surface area contributed by atoms with Crippen molar-refractivity contribution in [3.63, 3.8) is 0 Å². The molecule has 1 saturated heterocycles. The highest BCUT2D eigenvalue weighted by atomic mass is 16.5. The number of carbonyl (C=O) groups excluding carboxylic acids is 2. The third kappa shape index (κ3) is 5.93. The number of nitrogens with two attached hydrogens (primary N) is 1. The van der Waals surface area contributed by atoms with Crippen LogP contribution in [-0.4, -0.2) is 69.4 Å². The third-order valence-electron chi connectivity index (χ3n) is 7.69. The van der Waals surface area contributed by atoms with Gasteiger partial charge in [-0.15, -0.1) is 0 Å². The Hall–Kier alpha value is -4.01. The molecule has 9 nitrogen and oxygen atoms in total. The number of piperidine rings is 1. The maximum Gasteiger partial charge on any atom is 0.274 e. The number of para-hydroxylation sites is 1. The lowest BCUT2D eigenvalue weighted by atomic mass is 9.73. The largest absolute Gasteiger partial charge is 0.491 e. The summed E-state index contributed by atoms with van der Waals surface area (Å²) in [5, 5.41) is 0. The van der Waals surface area contributed by atoms with Crippen molar-refractivity contribution in [3.05, 3.63) is 78.0 Å². The summed E-state index contributed by atoms with van der Waals surface area (Å²) < 4.78 is 6.16. The van der Waals surface area contributed by atoms with Gasteiger partial charge < -0.3 is 20.3 Å². The van der Waals surface area contributed by atoms with Crippen molar-refractivity contribution in [3.8, 4) is 5.75 Å². The number of carbonyl (C=O) groups is 2. The van der Waals surface area contributed by atoms with Crippen molar-refractivity contribution in [2.24, 2.45) is 5.41 Å². The van der Waals surface area contributed by atoms with Crippen molar-refractivity contribution in [1.29, 1.82) is 0 Å². The smallest absolute Gasteiger partial charge is 0.274 e.